The molecule has 0 aromatic heterocycles. The highest BCUT2D eigenvalue weighted by atomic mass is 16.5. The van der Waals surface area contributed by atoms with Crippen LogP contribution in [-0.4, -0.2) is 37.2 Å². The van der Waals surface area contributed by atoms with E-state index in [1.54, 1.807) is 0 Å². The van der Waals surface area contributed by atoms with E-state index in [9.17, 15) is 0 Å². The van der Waals surface area contributed by atoms with Gasteiger partial charge in [0.05, 0.1) is 12.6 Å². The molecule has 2 heteroatoms. The molecule has 0 spiro atoms. The maximum absolute atomic E-state index is 5.42. The first-order valence-electron chi connectivity index (χ1n) is 4.01. The number of hydrogen-bond acceptors (Lipinski definition) is 2. The van der Waals surface area contributed by atoms with Crippen LogP contribution in [0, 0.1) is 12.3 Å². The van der Waals surface area contributed by atoms with E-state index in [0.717, 1.165) is 19.6 Å². The molecular formula is C9H15NO. The van der Waals surface area contributed by atoms with Crippen LogP contribution >= 0.6 is 0 Å². The van der Waals surface area contributed by atoms with Crippen LogP contribution in [-0.2, 0) is 4.74 Å². The molecular weight excluding hydrogens is 138 g/mol. The molecule has 0 bridgehead atoms. The normalized spacial score (nSPS) is 30.7. The number of ether oxygens (including phenoxy) is 1. The van der Waals surface area contributed by atoms with E-state index < -0.39 is 0 Å². The van der Waals surface area contributed by atoms with Gasteiger partial charge in [-0.1, -0.05) is 5.92 Å². The fraction of sp³-hybridized carbons (Fsp3) is 0.778. The predicted octanol–water partition coefficient (Wildman–Crippen LogP) is 0.729. The maximum atomic E-state index is 5.42. The zero-order chi connectivity index (χ0) is 8.27. The monoisotopic (exact) mass is 153 g/mol. The van der Waals surface area contributed by atoms with Crippen molar-refractivity contribution in [1.29, 1.82) is 0 Å². The topological polar surface area (TPSA) is 12.5 Å². The van der Waals surface area contributed by atoms with Crippen LogP contribution in [0.5, 0.6) is 0 Å². The van der Waals surface area contributed by atoms with Crippen LogP contribution in [0.2, 0.25) is 0 Å². The van der Waals surface area contributed by atoms with Gasteiger partial charge in [-0.15, -0.1) is 6.42 Å². The lowest BCUT2D eigenvalue weighted by molar-refractivity contribution is 0.0879. The SMILES string of the molecule is C#CCN(C)C1CCOC1C. The summed E-state index contributed by atoms with van der Waals surface area (Å²) in [4.78, 5) is 2.18. The Hall–Kier alpha value is -0.520. The second-order valence-electron chi connectivity index (χ2n) is 3.05. The van der Waals surface area contributed by atoms with Crippen molar-refractivity contribution in [2.75, 3.05) is 20.2 Å². The second kappa shape index (κ2) is 3.75. The Morgan fingerprint density at radius 3 is 2.91 bits per heavy atom. The highest BCUT2D eigenvalue weighted by Gasteiger charge is 2.26. The van der Waals surface area contributed by atoms with Gasteiger partial charge in [0.15, 0.2) is 0 Å². The fourth-order valence-electron chi connectivity index (χ4n) is 1.56. The molecule has 11 heavy (non-hydrogen) atoms. The lowest BCUT2D eigenvalue weighted by atomic mass is 10.1. The summed E-state index contributed by atoms with van der Waals surface area (Å²) in [7, 11) is 2.05. The van der Waals surface area contributed by atoms with Crippen LogP contribution in [0.3, 0.4) is 0 Å². The summed E-state index contributed by atoms with van der Waals surface area (Å²) in [6, 6.07) is 0.519. The lowest BCUT2D eigenvalue weighted by Gasteiger charge is -2.24. The van der Waals surface area contributed by atoms with E-state index >= 15 is 0 Å². The van der Waals surface area contributed by atoms with Gasteiger partial charge in [0, 0.05) is 12.6 Å². The Balaban J connectivity index is 2.40. The van der Waals surface area contributed by atoms with Crippen molar-refractivity contribution in [3.05, 3.63) is 0 Å². The van der Waals surface area contributed by atoms with Gasteiger partial charge in [-0.2, -0.15) is 0 Å². The number of terminal acetylenes is 1. The Bertz CT molecular complexity index is 161. The van der Waals surface area contributed by atoms with E-state index in [1.165, 1.54) is 0 Å². The molecule has 1 rings (SSSR count). The van der Waals surface area contributed by atoms with Crippen molar-refractivity contribution in [1.82, 2.24) is 4.90 Å². The largest absolute Gasteiger partial charge is 0.377 e. The molecule has 1 saturated heterocycles. The van der Waals surface area contributed by atoms with Crippen molar-refractivity contribution < 1.29 is 4.74 Å². The van der Waals surface area contributed by atoms with E-state index in [2.05, 4.69) is 24.8 Å². The molecule has 0 aromatic rings. The average molecular weight is 153 g/mol. The molecule has 0 aliphatic carbocycles. The van der Waals surface area contributed by atoms with E-state index in [0.29, 0.717) is 12.1 Å². The van der Waals surface area contributed by atoms with Crippen molar-refractivity contribution in [3.63, 3.8) is 0 Å². The van der Waals surface area contributed by atoms with Gasteiger partial charge in [-0.05, 0) is 20.4 Å². The molecule has 2 atom stereocenters. The predicted molar refractivity (Wildman–Crippen MR) is 45.3 cm³/mol. The van der Waals surface area contributed by atoms with Gasteiger partial charge in [-0.3, -0.25) is 4.90 Å². The summed E-state index contributed by atoms with van der Waals surface area (Å²) in [5, 5.41) is 0. The van der Waals surface area contributed by atoms with E-state index in [4.69, 9.17) is 11.2 Å². The number of hydrogen-bond donors (Lipinski definition) is 0. The maximum Gasteiger partial charge on any atom is 0.0703 e. The Kier molecular flexibility index (Phi) is 2.92. The molecule has 1 aliphatic rings. The third-order valence-electron chi connectivity index (χ3n) is 2.24. The van der Waals surface area contributed by atoms with Crippen molar-refractivity contribution in [2.45, 2.75) is 25.5 Å². The van der Waals surface area contributed by atoms with E-state index in [1.807, 2.05) is 0 Å². The Morgan fingerprint density at radius 2 is 2.45 bits per heavy atom. The molecule has 1 aliphatic heterocycles. The third kappa shape index (κ3) is 1.95. The molecule has 1 fully saturated rings. The molecule has 62 valence electrons. The van der Waals surface area contributed by atoms with Gasteiger partial charge >= 0.3 is 0 Å². The smallest absolute Gasteiger partial charge is 0.0703 e. The van der Waals surface area contributed by atoms with Gasteiger partial charge < -0.3 is 4.74 Å². The molecule has 2 nitrogen and oxygen atoms in total. The number of rotatable bonds is 2. The Morgan fingerprint density at radius 1 is 1.73 bits per heavy atom. The zero-order valence-electron chi connectivity index (χ0n) is 7.21. The summed E-state index contributed by atoms with van der Waals surface area (Å²) in [6.07, 6.45) is 6.66. The first-order chi connectivity index (χ1) is 5.25. The third-order valence-corrected chi connectivity index (χ3v) is 2.24. The number of likely N-dealkylation sites (N-methyl/N-ethyl adjacent to an activating group) is 1. The molecule has 1 heterocycles. The molecule has 0 N–H and O–H groups in total. The van der Waals surface area contributed by atoms with Gasteiger partial charge in [0.25, 0.3) is 0 Å². The molecule has 0 aromatic carbocycles. The fourth-order valence-corrected chi connectivity index (χ4v) is 1.56. The van der Waals surface area contributed by atoms with E-state index in [-0.39, 0.29) is 0 Å². The van der Waals surface area contributed by atoms with Crippen molar-refractivity contribution in [2.24, 2.45) is 0 Å². The minimum atomic E-state index is 0.341. The minimum absolute atomic E-state index is 0.341. The highest BCUT2D eigenvalue weighted by molar-refractivity contribution is 4.91. The standard InChI is InChI=1S/C9H15NO/c1-4-6-10(3)9-5-7-11-8(9)2/h1,8-9H,5-7H2,2-3H3. The zero-order valence-corrected chi connectivity index (χ0v) is 7.21. The van der Waals surface area contributed by atoms with Crippen LogP contribution in [0.1, 0.15) is 13.3 Å². The quantitative estimate of drug-likeness (QED) is 0.542. The Labute approximate surface area is 68.5 Å². The average Bonchev–Trinajstić information content (AvgIpc) is 2.36. The number of nitrogens with zero attached hydrogens (tertiary/aromatic N) is 1. The van der Waals surface area contributed by atoms with Crippen LogP contribution in [0.25, 0.3) is 0 Å². The van der Waals surface area contributed by atoms with Gasteiger partial charge in [0.2, 0.25) is 0 Å². The lowest BCUT2D eigenvalue weighted by Crippen LogP contribution is -2.36. The summed E-state index contributed by atoms with van der Waals surface area (Å²) in [5.41, 5.74) is 0. The molecule has 2 unspecified atom stereocenters. The summed E-state index contributed by atoms with van der Waals surface area (Å²) in [6.45, 7) is 3.70. The van der Waals surface area contributed by atoms with Crippen LogP contribution in [0.4, 0.5) is 0 Å². The summed E-state index contributed by atoms with van der Waals surface area (Å²) < 4.78 is 5.42. The van der Waals surface area contributed by atoms with Crippen molar-refractivity contribution >= 4 is 0 Å². The van der Waals surface area contributed by atoms with Gasteiger partial charge in [-0.25, -0.2) is 0 Å². The van der Waals surface area contributed by atoms with Crippen LogP contribution in [0.15, 0.2) is 0 Å². The molecule has 0 amide bonds. The molecule has 0 radical (unpaired) electrons. The van der Waals surface area contributed by atoms with Crippen LogP contribution < -0.4 is 0 Å². The summed E-state index contributed by atoms with van der Waals surface area (Å²) in [5.74, 6) is 2.64. The van der Waals surface area contributed by atoms with Gasteiger partial charge in [0.1, 0.15) is 0 Å². The highest BCUT2D eigenvalue weighted by Crippen LogP contribution is 2.17. The summed E-state index contributed by atoms with van der Waals surface area (Å²) >= 11 is 0. The second-order valence-corrected chi connectivity index (χ2v) is 3.05. The first-order valence-corrected chi connectivity index (χ1v) is 4.01. The molecule has 0 saturated carbocycles. The minimum Gasteiger partial charge on any atom is -0.377 e. The first kappa shape index (κ1) is 8.58. The van der Waals surface area contributed by atoms with Crippen molar-refractivity contribution in [3.8, 4) is 12.3 Å².